The summed E-state index contributed by atoms with van der Waals surface area (Å²) in [5.74, 6) is 1.27. The topological polar surface area (TPSA) is 54.5 Å². The molecule has 0 aliphatic carbocycles. The Bertz CT molecular complexity index is 738. The van der Waals surface area contributed by atoms with Crippen molar-refractivity contribution in [3.8, 4) is 0 Å². The second-order valence-corrected chi connectivity index (χ2v) is 8.97. The van der Waals surface area contributed by atoms with Gasteiger partial charge in [0.25, 0.3) is 0 Å². The number of morpholine rings is 1. The minimum absolute atomic E-state index is 0.00151. The van der Waals surface area contributed by atoms with Crippen LogP contribution in [0.5, 0.6) is 0 Å². The number of carbonyl (C=O) groups is 1. The predicted octanol–water partition coefficient (Wildman–Crippen LogP) is 3.93. The van der Waals surface area contributed by atoms with Gasteiger partial charge in [0.1, 0.15) is 0 Å². The van der Waals surface area contributed by atoms with Gasteiger partial charge in [-0.05, 0) is 26.3 Å². The molecule has 27 heavy (non-hydrogen) atoms. The average Bonchev–Trinajstić information content (AvgIpc) is 3.02. The highest BCUT2D eigenvalue weighted by Crippen LogP contribution is 2.20. The van der Waals surface area contributed by atoms with E-state index in [1.807, 2.05) is 5.38 Å². The van der Waals surface area contributed by atoms with Crippen LogP contribution in [-0.2, 0) is 21.8 Å². The second kappa shape index (κ2) is 9.68. The fourth-order valence-corrected chi connectivity index (χ4v) is 4.69. The van der Waals surface area contributed by atoms with E-state index in [-0.39, 0.29) is 18.1 Å². The summed E-state index contributed by atoms with van der Waals surface area (Å²) in [6.07, 6.45) is 0.495. The van der Waals surface area contributed by atoms with Crippen LogP contribution in [0.4, 0.5) is 5.13 Å². The zero-order valence-electron chi connectivity index (χ0n) is 16.1. The molecule has 1 aromatic carbocycles. The van der Waals surface area contributed by atoms with Crippen LogP contribution in [0.15, 0.2) is 29.6 Å². The van der Waals surface area contributed by atoms with Gasteiger partial charge in [-0.1, -0.05) is 29.8 Å². The molecule has 7 heteroatoms. The number of benzene rings is 1. The van der Waals surface area contributed by atoms with Crippen LogP contribution >= 0.6 is 23.1 Å². The van der Waals surface area contributed by atoms with Crippen LogP contribution < -0.4 is 5.32 Å². The quantitative estimate of drug-likeness (QED) is 0.756. The molecule has 0 radical (unpaired) electrons. The maximum atomic E-state index is 12.1. The maximum absolute atomic E-state index is 12.1. The summed E-state index contributed by atoms with van der Waals surface area (Å²) >= 11 is 3.11. The molecule has 1 amide bonds. The zero-order chi connectivity index (χ0) is 19.2. The largest absolute Gasteiger partial charge is 0.373 e. The third-order valence-electron chi connectivity index (χ3n) is 4.30. The summed E-state index contributed by atoms with van der Waals surface area (Å²) in [5, 5.41) is 5.63. The van der Waals surface area contributed by atoms with E-state index < -0.39 is 0 Å². The van der Waals surface area contributed by atoms with Crippen molar-refractivity contribution < 1.29 is 9.53 Å². The molecule has 2 atom stereocenters. The van der Waals surface area contributed by atoms with E-state index in [2.05, 4.69) is 60.2 Å². The molecule has 2 aromatic rings. The summed E-state index contributed by atoms with van der Waals surface area (Å²) < 4.78 is 5.77. The summed E-state index contributed by atoms with van der Waals surface area (Å²) in [6, 6.07) is 8.42. The Morgan fingerprint density at radius 1 is 1.30 bits per heavy atom. The Balaban J connectivity index is 1.41. The van der Waals surface area contributed by atoms with E-state index in [1.54, 1.807) is 11.8 Å². The highest BCUT2D eigenvalue weighted by Gasteiger charge is 2.22. The molecule has 1 aliphatic heterocycles. The van der Waals surface area contributed by atoms with Crippen molar-refractivity contribution in [2.24, 2.45) is 0 Å². The molecular formula is C20H27N3O2S2. The van der Waals surface area contributed by atoms with Crippen molar-refractivity contribution in [2.45, 2.75) is 45.3 Å². The van der Waals surface area contributed by atoms with E-state index in [0.29, 0.717) is 10.9 Å². The molecule has 5 nitrogen and oxygen atoms in total. The lowest BCUT2D eigenvalue weighted by Gasteiger charge is -2.34. The monoisotopic (exact) mass is 405 g/mol. The van der Waals surface area contributed by atoms with Gasteiger partial charge < -0.3 is 10.1 Å². The summed E-state index contributed by atoms with van der Waals surface area (Å²) in [5.41, 5.74) is 3.50. The van der Waals surface area contributed by atoms with Gasteiger partial charge in [-0.3, -0.25) is 9.69 Å². The van der Waals surface area contributed by atoms with E-state index in [4.69, 9.17) is 4.74 Å². The van der Waals surface area contributed by atoms with Gasteiger partial charge in [0.2, 0.25) is 5.91 Å². The first kappa shape index (κ1) is 20.3. The summed E-state index contributed by atoms with van der Waals surface area (Å²) in [6.45, 7) is 8.91. The number of thioether (sulfide) groups is 1. The molecule has 1 aromatic heterocycles. The Morgan fingerprint density at radius 2 is 2.00 bits per heavy atom. The van der Waals surface area contributed by atoms with Crippen molar-refractivity contribution in [3.05, 3.63) is 46.5 Å². The van der Waals surface area contributed by atoms with Crippen LogP contribution in [0.25, 0.3) is 0 Å². The minimum atomic E-state index is 0.00151. The number of anilines is 1. The van der Waals surface area contributed by atoms with Gasteiger partial charge in [-0.25, -0.2) is 4.98 Å². The molecule has 0 saturated carbocycles. The fourth-order valence-electron chi connectivity index (χ4n) is 3.18. The first-order valence-corrected chi connectivity index (χ1v) is 11.3. The number of amides is 1. The highest BCUT2D eigenvalue weighted by atomic mass is 32.2. The number of nitrogens with zero attached hydrogens (tertiary/aromatic N) is 2. The third-order valence-corrected chi connectivity index (χ3v) is 6.11. The van der Waals surface area contributed by atoms with E-state index in [0.717, 1.165) is 31.1 Å². The number of ether oxygens (including phenoxy) is 1. The van der Waals surface area contributed by atoms with Crippen molar-refractivity contribution in [2.75, 3.05) is 24.2 Å². The fraction of sp³-hybridized carbons (Fsp3) is 0.500. The van der Waals surface area contributed by atoms with E-state index >= 15 is 0 Å². The van der Waals surface area contributed by atoms with Crippen LogP contribution in [0.3, 0.4) is 0 Å². The Hall–Kier alpha value is -1.41. The van der Waals surface area contributed by atoms with Crippen LogP contribution in [0.2, 0.25) is 0 Å². The standard InChI is InChI=1S/C20H27N3O2S2/c1-14-4-6-17(7-5-14)11-26-13-19(24)22-20-21-18(12-27-20)10-23-8-15(2)25-16(3)9-23/h4-7,12,15-16H,8-11,13H2,1-3H3,(H,21,22,24). The lowest BCUT2D eigenvalue weighted by atomic mass is 10.2. The minimum Gasteiger partial charge on any atom is -0.373 e. The number of hydrogen-bond donors (Lipinski definition) is 1. The van der Waals surface area contributed by atoms with Gasteiger partial charge in [0.15, 0.2) is 5.13 Å². The number of carbonyl (C=O) groups excluding carboxylic acids is 1. The summed E-state index contributed by atoms with van der Waals surface area (Å²) in [7, 11) is 0. The molecule has 1 saturated heterocycles. The smallest absolute Gasteiger partial charge is 0.236 e. The molecule has 146 valence electrons. The number of thiazole rings is 1. The normalized spacial score (nSPS) is 20.6. The average molecular weight is 406 g/mol. The lowest BCUT2D eigenvalue weighted by Crippen LogP contribution is -2.44. The SMILES string of the molecule is Cc1ccc(CSCC(=O)Nc2nc(CN3CC(C)OC(C)C3)cs2)cc1. The molecule has 2 unspecified atom stereocenters. The van der Waals surface area contributed by atoms with Crippen molar-refractivity contribution >= 4 is 34.1 Å². The summed E-state index contributed by atoms with van der Waals surface area (Å²) in [4.78, 5) is 19.1. The first-order valence-electron chi connectivity index (χ1n) is 9.23. The van der Waals surface area contributed by atoms with E-state index in [1.165, 1.54) is 22.5 Å². The van der Waals surface area contributed by atoms with Crippen LogP contribution in [-0.4, -0.2) is 46.8 Å². The van der Waals surface area contributed by atoms with Crippen molar-refractivity contribution in [3.63, 3.8) is 0 Å². The molecule has 1 aliphatic rings. The molecule has 0 spiro atoms. The Labute approximate surface area is 169 Å². The third kappa shape index (κ3) is 6.60. The highest BCUT2D eigenvalue weighted by molar-refractivity contribution is 7.99. The van der Waals surface area contributed by atoms with E-state index in [9.17, 15) is 4.79 Å². The number of nitrogens with one attached hydrogen (secondary N) is 1. The molecule has 3 rings (SSSR count). The molecule has 1 N–H and O–H groups in total. The molecular weight excluding hydrogens is 378 g/mol. The van der Waals surface area contributed by atoms with Gasteiger partial charge in [0.05, 0.1) is 23.7 Å². The van der Waals surface area contributed by atoms with Crippen LogP contribution in [0, 0.1) is 6.92 Å². The number of aryl methyl sites for hydroxylation is 1. The van der Waals surface area contributed by atoms with Gasteiger partial charge in [-0.2, -0.15) is 0 Å². The van der Waals surface area contributed by atoms with Gasteiger partial charge in [0, 0.05) is 30.8 Å². The second-order valence-electron chi connectivity index (χ2n) is 7.12. The lowest BCUT2D eigenvalue weighted by molar-refractivity contribution is -0.113. The zero-order valence-corrected chi connectivity index (χ0v) is 17.7. The maximum Gasteiger partial charge on any atom is 0.236 e. The number of rotatable bonds is 7. The molecule has 0 bridgehead atoms. The van der Waals surface area contributed by atoms with Gasteiger partial charge in [-0.15, -0.1) is 23.1 Å². The first-order chi connectivity index (χ1) is 13.0. The predicted molar refractivity (Wildman–Crippen MR) is 113 cm³/mol. The molecule has 2 heterocycles. The number of aromatic nitrogens is 1. The molecule has 1 fully saturated rings. The number of hydrogen-bond acceptors (Lipinski definition) is 6. The Morgan fingerprint density at radius 3 is 2.70 bits per heavy atom. The van der Waals surface area contributed by atoms with Crippen LogP contribution in [0.1, 0.15) is 30.7 Å². The van der Waals surface area contributed by atoms with Crippen molar-refractivity contribution in [1.29, 1.82) is 0 Å². The Kier molecular flexibility index (Phi) is 7.29. The van der Waals surface area contributed by atoms with Gasteiger partial charge >= 0.3 is 0 Å². The van der Waals surface area contributed by atoms with Crippen molar-refractivity contribution in [1.82, 2.24) is 9.88 Å².